The molecular formula is C17H24N4. The van der Waals surface area contributed by atoms with Crippen LogP contribution < -0.4 is 10.6 Å². The van der Waals surface area contributed by atoms with Crippen molar-refractivity contribution >= 4 is 11.5 Å². The standard InChI is InChI=1S/C17H24N4/c1-12(2)21-17(16(18)13(3)19-21)20-10-9-15(11-20)14-7-5-4-6-8-14/h4-8,12,15H,9-11,18H2,1-3H3. The van der Waals surface area contributed by atoms with Crippen molar-refractivity contribution in [1.29, 1.82) is 0 Å². The predicted octanol–water partition coefficient (Wildman–Crippen LogP) is 3.35. The summed E-state index contributed by atoms with van der Waals surface area (Å²) in [7, 11) is 0. The van der Waals surface area contributed by atoms with Crippen molar-refractivity contribution in [2.24, 2.45) is 0 Å². The molecule has 21 heavy (non-hydrogen) atoms. The van der Waals surface area contributed by atoms with Gasteiger partial charge in [0.25, 0.3) is 0 Å². The lowest BCUT2D eigenvalue weighted by Crippen LogP contribution is -2.24. The molecule has 1 atom stereocenters. The maximum absolute atomic E-state index is 6.28. The average Bonchev–Trinajstić information content (AvgIpc) is 3.06. The highest BCUT2D eigenvalue weighted by Gasteiger charge is 2.29. The summed E-state index contributed by atoms with van der Waals surface area (Å²) < 4.78 is 2.07. The van der Waals surface area contributed by atoms with Crippen molar-refractivity contribution in [3.05, 3.63) is 41.6 Å². The van der Waals surface area contributed by atoms with E-state index in [1.807, 2.05) is 6.92 Å². The van der Waals surface area contributed by atoms with Gasteiger partial charge in [-0.3, -0.25) is 0 Å². The SMILES string of the molecule is Cc1nn(C(C)C)c(N2CCC(c3ccccc3)C2)c1N. The van der Waals surface area contributed by atoms with E-state index in [9.17, 15) is 0 Å². The molecule has 112 valence electrons. The highest BCUT2D eigenvalue weighted by Crippen LogP contribution is 2.36. The minimum Gasteiger partial charge on any atom is -0.394 e. The number of nitrogens with two attached hydrogens (primary N) is 1. The van der Waals surface area contributed by atoms with Crippen LogP contribution in [0.3, 0.4) is 0 Å². The third-order valence-corrected chi connectivity index (χ3v) is 4.35. The van der Waals surface area contributed by atoms with Gasteiger partial charge in [-0.15, -0.1) is 0 Å². The van der Waals surface area contributed by atoms with Crippen molar-refractivity contribution in [3.8, 4) is 0 Å². The fraction of sp³-hybridized carbons (Fsp3) is 0.471. The number of nitrogen functional groups attached to an aromatic ring is 1. The van der Waals surface area contributed by atoms with Crippen LogP contribution in [0, 0.1) is 6.92 Å². The topological polar surface area (TPSA) is 47.1 Å². The molecular weight excluding hydrogens is 260 g/mol. The Kier molecular flexibility index (Phi) is 3.62. The molecule has 1 saturated heterocycles. The van der Waals surface area contributed by atoms with Crippen molar-refractivity contribution in [2.75, 3.05) is 23.7 Å². The van der Waals surface area contributed by atoms with Crippen molar-refractivity contribution in [2.45, 2.75) is 39.2 Å². The fourth-order valence-corrected chi connectivity index (χ4v) is 3.17. The minimum atomic E-state index is 0.326. The maximum atomic E-state index is 6.28. The van der Waals surface area contributed by atoms with Gasteiger partial charge in [0.2, 0.25) is 0 Å². The third-order valence-electron chi connectivity index (χ3n) is 4.35. The molecule has 2 N–H and O–H groups in total. The number of rotatable bonds is 3. The van der Waals surface area contributed by atoms with E-state index >= 15 is 0 Å². The number of hydrogen-bond acceptors (Lipinski definition) is 3. The van der Waals surface area contributed by atoms with Gasteiger partial charge in [0.05, 0.1) is 11.4 Å². The Morgan fingerprint density at radius 1 is 1.24 bits per heavy atom. The monoisotopic (exact) mass is 284 g/mol. The average molecular weight is 284 g/mol. The Labute approximate surface area is 126 Å². The molecule has 2 heterocycles. The lowest BCUT2D eigenvalue weighted by Gasteiger charge is -2.22. The van der Waals surface area contributed by atoms with E-state index in [2.05, 4.69) is 58.9 Å². The number of nitrogens with zero attached hydrogens (tertiary/aromatic N) is 3. The van der Waals surface area contributed by atoms with Crippen LogP contribution in [-0.4, -0.2) is 22.9 Å². The first-order valence-electron chi connectivity index (χ1n) is 7.72. The quantitative estimate of drug-likeness (QED) is 0.940. The normalized spacial score (nSPS) is 18.7. The van der Waals surface area contributed by atoms with E-state index in [1.54, 1.807) is 0 Å². The first-order chi connectivity index (χ1) is 10.1. The lowest BCUT2D eigenvalue weighted by molar-refractivity contribution is 0.526. The van der Waals surface area contributed by atoms with Crippen LogP contribution >= 0.6 is 0 Å². The van der Waals surface area contributed by atoms with Crippen molar-refractivity contribution in [3.63, 3.8) is 0 Å². The number of aromatic nitrogens is 2. The summed E-state index contributed by atoms with van der Waals surface area (Å²) in [6.07, 6.45) is 1.17. The van der Waals surface area contributed by atoms with Gasteiger partial charge in [0.15, 0.2) is 5.82 Å². The minimum absolute atomic E-state index is 0.326. The van der Waals surface area contributed by atoms with Gasteiger partial charge in [0.1, 0.15) is 0 Å². The van der Waals surface area contributed by atoms with Crippen LogP contribution in [0.25, 0.3) is 0 Å². The summed E-state index contributed by atoms with van der Waals surface area (Å²) in [4.78, 5) is 2.40. The number of anilines is 2. The van der Waals surface area contributed by atoms with Crippen LogP contribution in [0.4, 0.5) is 11.5 Å². The van der Waals surface area contributed by atoms with Crippen molar-refractivity contribution < 1.29 is 0 Å². The summed E-state index contributed by atoms with van der Waals surface area (Å²) in [6, 6.07) is 11.1. The predicted molar refractivity (Wildman–Crippen MR) is 87.8 cm³/mol. The molecule has 1 aromatic carbocycles. The summed E-state index contributed by atoms with van der Waals surface area (Å²) in [5.74, 6) is 1.68. The molecule has 0 bridgehead atoms. The second-order valence-electron chi connectivity index (χ2n) is 6.20. The summed E-state index contributed by atoms with van der Waals surface area (Å²) in [6.45, 7) is 8.36. The largest absolute Gasteiger partial charge is 0.394 e. The van der Waals surface area contributed by atoms with Gasteiger partial charge >= 0.3 is 0 Å². The van der Waals surface area contributed by atoms with E-state index in [0.29, 0.717) is 12.0 Å². The van der Waals surface area contributed by atoms with E-state index in [-0.39, 0.29) is 0 Å². The molecule has 1 aliphatic rings. The molecule has 1 unspecified atom stereocenters. The maximum Gasteiger partial charge on any atom is 0.150 e. The molecule has 2 aromatic rings. The first kappa shape index (κ1) is 14.0. The fourth-order valence-electron chi connectivity index (χ4n) is 3.17. The molecule has 1 fully saturated rings. The van der Waals surface area contributed by atoms with Gasteiger partial charge in [-0.25, -0.2) is 4.68 Å². The second-order valence-corrected chi connectivity index (χ2v) is 6.20. The molecule has 0 aliphatic carbocycles. The van der Waals surface area contributed by atoms with E-state index in [0.717, 1.165) is 30.3 Å². The van der Waals surface area contributed by atoms with E-state index in [4.69, 9.17) is 5.73 Å². The lowest BCUT2D eigenvalue weighted by atomic mass is 9.99. The third kappa shape index (κ3) is 2.50. The Morgan fingerprint density at radius 3 is 2.62 bits per heavy atom. The molecule has 4 nitrogen and oxygen atoms in total. The smallest absolute Gasteiger partial charge is 0.150 e. The van der Waals surface area contributed by atoms with Crippen LogP contribution in [0.15, 0.2) is 30.3 Å². The Balaban J connectivity index is 1.87. The van der Waals surface area contributed by atoms with Gasteiger partial charge in [0, 0.05) is 25.0 Å². The van der Waals surface area contributed by atoms with Gasteiger partial charge < -0.3 is 10.6 Å². The van der Waals surface area contributed by atoms with Gasteiger partial charge in [-0.05, 0) is 32.8 Å². The molecule has 0 amide bonds. The molecule has 1 aromatic heterocycles. The molecule has 0 radical (unpaired) electrons. The summed E-state index contributed by atoms with van der Waals surface area (Å²) in [5.41, 5.74) is 9.47. The van der Waals surface area contributed by atoms with Gasteiger partial charge in [-0.2, -0.15) is 5.10 Å². The van der Waals surface area contributed by atoms with Gasteiger partial charge in [-0.1, -0.05) is 30.3 Å². The molecule has 3 rings (SSSR count). The van der Waals surface area contributed by atoms with Crippen LogP contribution in [0.5, 0.6) is 0 Å². The highest BCUT2D eigenvalue weighted by molar-refractivity contribution is 5.67. The molecule has 4 heteroatoms. The Bertz CT molecular complexity index is 615. The first-order valence-corrected chi connectivity index (χ1v) is 7.72. The Hall–Kier alpha value is -1.97. The molecule has 0 saturated carbocycles. The zero-order valence-electron chi connectivity index (χ0n) is 13.1. The highest BCUT2D eigenvalue weighted by atomic mass is 15.4. The number of benzene rings is 1. The molecule has 0 spiro atoms. The summed E-state index contributed by atoms with van der Waals surface area (Å²) in [5, 5.41) is 4.60. The van der Waals surface area contributed by atoms with Crippen LogP contribution in [-0.2, 0) is 0 Å². The van der Waals surface area contributed by atoms with E-state index < -0.39 is 0 Å². The zero-order valence-corrected chi connectivity index (χ0v) is 13.1. The zero-order chi connectivity index (χ0) is 15.0. The van der Waals surface area contributed by atoms with Crippen LogP contribution in [0.1, 0.15) is 43.5 Å². The van der Waals surface area contributed by atoms with Crippen molar-refractivity contribution in [1.82, 2.24) is 9.78 Å². The van der Waals surface area contributed by atoms with Crippen LogP contribution in [0.2, 0.25) is 0 Å². The van der Waals surface area contributed by atoms with E-state index in [1.165, 1.54) is 12.0 Å². The molecule has 1 aliphatic heterocycles. The number of hydrogen-bond donors (Lipinski definition) is 1. The number of aryl methyl sites for hydroxylation is 1. The second kappa shape index (κ2) is 5.43. The Morgan fingerprint density at radius 2 is 1.95 bits per heavy atom. The summed E-state index contributed by atoms with van der Waals surface area (Å²) >= 11 is 0.